The van der Waals surface area contributed by atoms with Crippen molar-refractivity contribution in [1.29, 1.82) is 0 Å². The molecule has 2 aliphatic rings. The van der Waals surface area contributed by atoms with E-state index in [9.17, 15) is 4.79 Å². The summed E-state index contributed by atoms with van der Waals surface area (Å²) in [5.41, 5.74) is 2.82. The number of aromatic nitrogens is 2. The molecule has 6 nitrogen and oxygen atoms in total. The molecular formula is C21H21BrN4O2. The van der Waals surface area contributed by atoms with Gasteiger partial charge in [0, 0.05) is 41.7 Å². The summed E-state index contributed by atoms with van der Waals surface area (Å²) in [6.07, 6.45) is 8.87. The highest BCUT2D eigenvalue weighted by molar-refractivity contribution is 9.10. The lowest BCUT2D eigenvalue weighted by atomic mass is 10.1. The highest BCUT2D eigenvalue weighted by Crippen LogP contribution is 2.28. The zero-order chi connectivity index (χ0) is 19.1. The average Bonchev–Trinajstić information content (AvgIpc) is 3.08. The Morgan fingerprint density at radius 2 is 2.07 bits per heavy atom. The number of halogens is 1. The van der Waals surface area contributed by atoms with Gasteiger partial charge in [-0.3, -0.25) is 9.69 Å². The molecule has 1 saturated heterocycles. The van der Waals surface area contributed by atoms with Gasteiger partial charge in [0.25, 0.3) is 5.56 Å². The van der Waals surface area contributed by atoms with Gasteiger partial charge >= 0.3 is 0 Å². The van der Waals surface area contributed by atoms with Crippen LogP contribution in [0.3, 0.4) is 0 Å². The SMILES string of the molecule is O=c1[nH]c(CN2CCN(C3=CC=CCC3)CC2)nc2c1oc1ccc(Br)cc12. The average molecular weight is 441 g/mol. The van der Waals surface area contributed by atoms with Gasteiger partial charge in [0.1, 0.15) is 16.9 Å². The molecule has 0 radical (unpaired) electrons. The normalized spacial score (nSPS) is 18.2. The van der Waals surface area contributed by atoms with Crippen LogP contribution in [-0.4, -0.2) is 45.9 Å². The quantitative estimate of drug-likeness (QED) is 0.670. The monoisotopic (exact) mass is 440 g/mol. The zero-order valence-corrected chi connectivity index (χ0v) is 17.0. The summed E-state index contributed by atoms with van der Waals surface area (Å²) < 4.78 is 6.64. The molecule has 0 amide bonds. The van der Waals surface area contributed by atoms with Crippen molar-refractivity contribution in [1.82, 2.24) is 19.8 Å². The predicted molar refractivity (Wildman–Crippen MR) is 113 cm³/mol. The predicted octanol–water partition coefficient (Wildman–Crippen LogP) is 3.78. The number of hydrogen-bond donors (Lipinski definition) is 1. The number of nitrogens with one attached hydrogen (secondary N) is 1. The second kappa shape index (κ2) is 7.22. The fraction of sp³-hybridized carbons (Fsp3) is 0.333. The van der Waals surface area contributed by atoms with Gasteiger partial charge in [-0.1, -0.05) is 28.1 Å². The van der Waals surface area contributed by atoms with Gasteiger partial charge in [-0.2, -0.15) is 0 Å². The van der Waals surface area contributed by atoms with Crippen molar-refractivity contribution in [2.24, 2.45) is 0 Å². The summed E-state index contributed by atoms with van der Waals surface area (Å²) in [5.74, 6) is 0.688. The Balaban J connectivity index is 1.36. The zero-order valence-electron chi connectivity index (χ0n) is 15.4. The number of furan rings is 1. The van der Waals surface area contributed by atoms with Gasteiger partial charge in [0.2, 0.25) is 5.58 Å². The van der Waals surface area contributed by atoms with Crippen LogP contribution in [0.15, 0.2) is 55.8 Å². The summed E-state index contributed by atoms with van der Waals surface area (Å²) in [5, 5.41) is 0.860. The maximum atomic E-state index is 12.5. The van der Waals surface area contributed by atoms with E-state index in [2.05, 4.69) is 48.9 Å². The third kappa shape index (κ3) is 3.29. The van der Waals surface area contributed by atoms with Gasteiger partial charge in [-0.25, -0.2) is 4.98 Å². The maximum Gasteiger partial charge on any atom is 0.294 e. The lowest BCUT2D eigenvalue weighted by Gasteiger charge is -2.37. The molecule has 1 aromatic carbocycles. The number of nitrogens with zero attached hydrogens (tertiary/aromatic N) is 3. The van der Waals surface area contributed by atoms with Crippen molar-refractivity contribution in [2.75, 3.05) is 26.2 Å². The Kier molecular flexibility index (Phi) is 4.56. The number of piperazine rings is 1. The molecule has 144 valence electrons. The van der Waals surface area contributed by atoms with Crippen LogP contribution in [0.1, 0.15) is 18.7 Å². The van der Waals surface area contributed by atoms with E-state index in [1.165, 1.54) is 5.70 Å². The highest BCUT2D eigenvalue weighted by atomic mass is 79.9. The second-order valence-corrected chi connectivity index (χ2v) is 8.24. The van der Waals surface area contributed by atoms with Crippen molar-refractivity contribution in [3.05, 3.63) is 62.8 Å². The molecule has 0 unspecified atom stereocenters. The molecular weight excluding hydrogens is 420 g/mol. The van der Waals surface area contributed by atoms with Crippen LogP contribution in [-0.2, 0) is 6.54 Å². The summed E-state index contributed by atoms with van der Waals surface area (Å²) in [7, 11) is 0. The van der Waals surface area contributed by atoms with E-state index in [4.69, 9.17) is 9.40 Å². The number of benzene rings is 1. The summed E-state index contributed by atoms with van der Waals surface area (Å²) >= 11 is 3.48. The molecule has 0 bridgehead atoms. The molecule has 1 N–H and O–H groups in total. The van der Waals surface area contributed by atoms with Crippen LogP contribution >= 0.6 is 15.9 Å². The number of H-pyrrole nitrogens is 1. The van der Waals surface area contributed by atoms with Crippen molar-refractivity contribution < 1.29 is 4.42 Å². The summed E-state index contributed by atoms with van der Waals surface area (Å²) in [4.78, 5) is 25.0. The molecule has 2 aromatic heterocycles. The third-order valence-corrected chi connectivity index (χ3v) is 5.97. The molecule has 7 heteroatoms. The molecule has 0 spiro atoms. The second-order valence-electron chi connectivity index (χ2n) is 7.32. The topological polar surface area (TPSA) is 65.4 Å². The van der Waals surface area contributed by atoms with Crippen molar-refractivity contribution >= 4 is 38.0 Å². The molecule has 1 aliphatic heterocycles. The molecule has 0 atom stereocenters. The Bertz CT molecular complexity index is 1150. The molecule has 3 heterocycles. The number of rotatable bonds is 3. The van der Waals surface area contributed by atoms with E-state index in [-0.39, 0.29) is 5.56 Å². The van der Waals surface area contributed by atoms with Crippen molar-refractivity contribution in [2.45, 2.75) is 19.4 Å². The van der Waals surface area contributed by atoms with Gasteiger partial charge in [0.15, 0.2) is 0 Å². The van der Waals surface area contributed by atoms with Crippen LogP contribution in [0, 0.1) is 0 Å². The molecule has 5 rings (SSSR count). The standard InChI is InChI=1S/C21H21BrN4O2/c22-14-6-7-17-16(12-14)19-20(28-17)21(27)24-18(23-19)13-25-8-10-26(11-9-25)15-4-2-1-3-5-15/h1-2,4,6-7,12H,3,5,8-11,13H2,(H,23,24,27). The lowest BCUT2D eigenvalue weighted by molar-refractivity contribution is 0.147. The van der Waals surface area contributed by atoms with Crippen LogP contribution in [0.4, 0.5) is 0 Å². The molecule has 3 aromatic rings. The van der Waals surface area contributed by atoms with Crippen LogP contribution in [0.25, 0.3) is 22.1 Å². The fourth-order valence-electron chi connectivity index (χ4n) is 4.01. The van der Waals surface area contributed by atoms with Gasteiger partial charge < -0.3 is 14.3 Å². The van der Waals surface area contributed by atoms with E-state index in [1.54, 1.807) is 0 Å². The smallest absolute Gasteiger partial charge is 0.294 e. The largest absolute Gasteiger partial charge is 0.449 e. The van der Waals surface area contributed by atoms with Crippen LogP contribution < -0.4 is 5.56 Å². The minimum Gasteiger partial charge on any atom is -0.449 e. The molecule has 28 heavy (non-hydrogen) atoms. The van der Waals surface area contributed by atoms with E-state index in [0.29, 0.717) is 29.1 Å². The first-order chi connectivity index (χ1) is 13.7. The highest BCUT2D eigenvalue weighted by Gasteiger charge is 2.21. The maximum absolute atomic E-state index is 12.5. The molecule has 1 aliphatic carbocycles. The van der Waals surface area contributed by atoms with Crippen LogP contribution in [0.2, 0.25) is 0 Å². The van der Waals surface area contributed by atoms with E-state index in [0.717, 1.165) is 48.9 Å². The number of aromatic amines is 1. The Hall–Kier alpha value is -2.38. The number of allylic oxidation sites excluding steroid dienone is 4. The minimum atomic E-state index is -0.217. The van der Waals surface area contributed by atoms with Gasteiger partial charge in [-0.05, 0) is 37.1 Å². The lowest BCUT2D eigenvalue weighted by Crippen LogP contribution is -2.45. The Morgan fingerprint density at radius 3 is 2.86 bits per heavy atom. The first-order valence-corrected chi connectivity index (χ1v) is 10.4. The van der Waals surface area contributed by atoms with Crippen molar-refractivity contribution in [3.63, 3.8) is 0 Å². The third-order valence-electron chi connectivity index (χ3n) is 5.48. The van der Waals surface area contributed by atoms with Gasteiger partial charge in [-0.15, -0.1) is 0 Å². The summed E-state index contributed by atoms with van der Waals surface area (Å²) in [6.45, 7) is 4.57. The first-order valence-electron chi connectivity index (χ1n) is 9.61. The molecule has 0 saturated carbocycles. The van der Waals surface area contributed by atoms with E-state index < -0.39 is 0 Å². The van der Waals surface area contributed by atoms with E-state index >= 15 is 0 Å². The van der Waals surface area contributed by atoms with Crippen molar-refractivity contribution in [3.8, 4) is 0 Å². The Labute approximate surface area is 170 Å². The van der Waals surface area contributed by atoms with Gasteiger partial charge in [0.05, 0.1) is 6.54 Å². The van der Waals surface area contributed by atoms with E-state index in [1.807, 2.05) is 18.2 Å². The fourth-order valence-corrected chi connectivity index (χ4v) is 4.37. The number of hydrogen-bond acceptors (Lipinski definition) is 5. The first kappa shape index (κ1) is 17.7. The van der Waals surface area contributed by atoms with Crippen LogP contribution in [0.5, 0.6) is 0 Å². The summed E-state index contributed by atoms with van der Waals surface area (Å²) in [6, 6.07) is 5.70. The Morgan fingerprint density at radius 1 is 1.21 bits per heavy atom. The number of fused-ring (bicyclic) bond motifs is 3. The molecule has 1 fully saturated rings. The minimum absolute atomic E-state index is 0.217.